The van der Waals surface area contributed by atoms with Gasteiger partial charge in [0, 0.05) is 19.5 Å². The highest BCUT2D eigenvalue weighted by atomic mass is 16.5. The van der Waals surface area contributed by atoms with E-state index in [1.54, 1.807) is 0 Å². The molecule has 0 spiro atoms. The van der Waals surface area contributed by atoms with Crippen LogP contribution in [0.2, 0.25) is 0 Å². The van der Waals surface area contributed by atoms with Crippen molar-refractivity contribution in [1.29, 1.82) is 0 Å². The average Bonchev–Trinajstić information content (AvgIpc) is 2.48. The third-order valence-corrected chi connectivity index (χ3v) is 3.41. The molecule has 2 N–H and O–H groups in total. The molecule has 0 aliphatic carbocycles. The summed E-state index contributed by atoms with van der Waals surface area (Å²) in [6, 6.07) is 8.19. The summed E-state index contributed by atoms with van der Waals surface area (Å²) in [4.78, 5) is 11.6. The molecular formula is C18H30N2O2. The van der Waals surface area contributed by atoms with E-state index in [0.717, 1.165) is 25.3 Å². The number of rotatable bonds is 9. The molecule has 22 heavy (non-hydrogen) atoms. The van der Waals surface area contributed by atoms with E-state index in [1.165, 1.54) is 5.56 Å². The molecule has 0 fully saturated rings. The minimum Gasteiger partial charge on any atom is -0.494 e. The monoisotopic (exact) mass is 306 g/mol. The Hall–Kier alpha value is -1.55. The van der Waals surface area contributed by atoms with E-state index < -0.39 is 0 Å². The average molecular weight is 306 g/mol. The largest absolute Gasteiger partial charge is 0.494 e. The molecule has 0 bridgehead atoms. The van der Waals surface area contributed by atoms with Crippen LogP contribution in [-0.2, 0) is 10.2 Å². The van der Waals surface area contributed by atoms with E-state index in [2.05, 4.69) is 43.5 Å². The normalized spacial score (nSPS) is 11.3. The predicted molar refractivity (Wildman–Crippen MR) is 91.4 cm³/mol. The van der Waals surface area contributed by atoms with E-state index in [4.69, 9.17) is 4.74 Å². The van der Waals surface area contributed by atoms with Crippen LogP contribution in [-0.4, -0.2) is 32.1 Å². The van der Waals surface area contributed by atoms with Crippen molar-refractivity contribution in [2.45, 2.75) is 46.0 Å². The fourth-order valence-corrected chi connectivity index (χ4v) is 2.03. The number of hydrogen-bond acceptors (Lipinski definition) is 3. The number of carbonyl (C=O) groups excluding carboxylic acids is 1. The van der Waals surface area contributed by atoms with Gasteiger partial charge in [-0.25, -0.2) is 0 Å². The Labute approximate surface area is 134 Å². The van der Waals surface area contributed by atoms with Crippen molar-refractivity contribution in [1.82, 2.24) is 10.6 Å². The van der Waals surface area contributed by atoms with E-state index in [-0.39, 0.29) is 11.3 Å². The van der Waals surface area contributed by atoms with Crippen molar-refractivity contribution in [3.63, 3.8) is 0 Å². The zero-order chi connectivity index (χ0) is 16.4. The van der Waals surface area contributed by atoms with Crippen molar-refractivity contribution in [3.05, 3.63) is 29.8 Å². The van der Waals surface area contributed by atoms with Gasteiger partial charge in [0.25, 0.3) is 0 Å². The highest BCUT2D eigenvalue weighted by molar-refractivity contribution is 5.75. The van der Waals surface area contributed by atoms with Gasteiger partial charge in [-0.3, -0.25) is 4.79 Å². The first-order chi connectivity index (χ1) is 10.4. The Morgan fingerprint density at radius 2 is 1.82 bits per heavy atom. The lowest BCUT2D eigenvalue weighted by atomic mass is 9.87. The van der Waals surface area contributed by atoms with Gasteiger partial charge in [-0.15, -0.1) is 0 Å². The maximum Gasteiger partial charge on any atom is 0.220 e. The van der Waals surface area contributed by atoms with Gasteiger partial charge < -0.3 is 15.4 Å². The number of ether oxygens (including phenoxy) is 1. The first-order valence-electron chi connectivity index (χ1n) is 8.14. The van der Waals surface area contributed by atoms with Crippen LogP contribution in [0.4, 0.5) is 0 Å². The van der Waals surface area contributed by atoms with Crippen molar-refractivity contribution in [3.8, 4) is 5.75 Å². The summed E-state index contributed by atoms with van der Waals surface area (Å²) in [5.41, 5.74) is 1.45. The zero-order valence-electron chi connectivity index (χ0n) is 14.4. The quantitative estimate of drug-likeness (QED) is 0.690. The Morgan fingerprint density at radius 3 is 2.41 bits per heavy atom. The molecule has 0 radical (unpaired) electrons. The van der Waals surface area contributed by atoms with Crippen LogP contribution >= 0.6 is 0 Å². The van der Waals surface area contributed by atoms with Crippen LogP contribution in [0, 0.1) is 0 Å². The van der Waals surface area contributed by atoms with Crippen LogP contribution in [0.5, 0.6) is 5.75 Å². The van der Waals surface area contributed by atoms with Gasteiger partial charge in [0.05, 0.1) is 6.61 Å². The molecular weight excluding hydrogens is 276 g/mol. The zero-order valence-corrected chi connectivity index (χ0v) is 14.4. The summed E-state index contributed by atoms with van der Waals surface area (Å²) in [7, 11) is 0. The van der Waals surface area contributed by atoms with E-state index in [0.29, 0.717) is 19.6 Å². The molecule has 124 valence electrons. The molecule has 0 saturated carbocycles. The van der Waals surface area contributed by atoms with Crippen molar-refractivity contribution in [2.75, 3.05) is 26.2 Å². The molecule has 0 atom stereocenters. The maximum atomic E-state index is 11.6. The second kappa shape index (κ2) is 9.46. The Morgan fingerprint density at radius 1 is 1.14 bits per heavy atom. The van der Waals surface area contributed by atoms with Gasteiger partial charge in [0.15, 0.2) is 0 Å². The SMILES string of the molecule is CCNCCNC(=O)CCCOc1ccc(C(C)(C)C)cc1. The molecule has 1 amide bonds. The Bertz CT molecular complexity index is 435. The number of nitrogens with one attached hydrogen (secondary N) is 2. The first kappa shape index (κ1) is 18.5. The summed E-state index contributed by atoms with van der Waals surface area (Å²) < 4.78 is 5.67. The topological polar surface area (TPSA) is 50.4 Å². The lowest BCUT2D eigenvalue weighted by molar-refractivity contribution is -0.121. The van der Waals surface area contributed by atoms with Gasteiger partial charge in [0.2, 0.25) is 5.91 Å². The smallest absolute Gasteiger partial charge is 0.220 e. The van der Waals surface area contributed by atoms with E-state index >= 15 is 0 Å². The first-order valence-corrected chi connectivity index (χ1v) is 8.14. The molecule has 0 unspecified atom stereocenters. The second-order valence-electron chi connectivity index (χ2n) is 6.43. The van der Waals surface area contributed by atoms with Crippen LogP contribution in [0.25, 0.3) is 0 Å². The Kier molecular flexibility index (Phi) is 7.96. The van der Waals surface area contributed by atoms with Crippen LogP contribution in [0.3, 0.4) is 0 Å². The van der Waals surface area contributed by atoms with E-state index in [9.17, 15) is 4.79 Å². The fraction of sp³-hybridized carbons (Fsp3) is 0.611. The third-order valence-electron chi connectivity index (χ3n) is 3.41. The van der Waals surface area contributed by atoms with Crippen LogP contribution < -0.4 is 15.4 Å². The third kappa shape index (κ3) is 7.46. The fourth-order valence-electron chi connectivity index (χ4n) is 2.03. The summed E-state index contributed by atoms with van der Waals surface area (Å²) in [6.07, 6.45) is 1.24. The standard InChI is InChI=1S/C18H30N2O2/c1-5-19-12-13-20-17(21)7-6-14-22-16-10-8-15(9-11-16)18(2,3)4/h8-11,19H,5-7,12-14H2,1-4H3,(H,20,21). The lowest BCUT2D eigenvalue weighted by Gasteiger charge is -2.19. The summed E-state index contributed by atoms with van der Waals surface area (Å²) in [6.45, 7) is 11.6. The second-order valence-corrected chi connectivity index (χ2v) is 6.43. The molecule has 0 aliphatic rings. The molecule has 1 aromatic carbocycles. The number of hydrogen-bond donors (Lipinski definition) is 2. The summed E-state index contributed by atoms with van der Waals surface area (Å²) in [5, 5.41) is 6.05. The summed E-state index contributed by atoms with van der Waals surface area (Å²) >= 11 is 0. The van der Waals surface area contributed by atoms with E-state index in [1.807, 2.05) is 19.1 Å². The maximum absolute atomic E-state index is 11.6. The highest BCUT2D eigenvalue weighted by Gasteiger charge is 2.12. The number of likely N-dealkylation sites (N-methyl/N-ethyl adjacent to an activating group) is 1. The van der Waals surface area contributed by atoms with Gasteiger partial charge in [-0.1, -0.05) is 39.8 Å². The number of carbonyl (C=O) groups is 1. The molecule has 0 heterocycles. The van der Waals surface area contributed by atoms with Gasteiger partial charge in [0.1, 0.15) is 5.75 Å². The van der Waals surface area contributed by atoms with Crippen LogP contribution in [0.15, 0.2) is 24.3 Å². The Balaban J connectivity index is 2.18. The molecule has 0 saturated heterocycles. The van der Waals surface area contributed by atoms with Crippen molar-refractivity contribution >= 4 is 5.91 Å². The van der Waals surface area contributed by atoms with Gasteiger partial charge >= 0.3 is 0 Å². The van der Waals surface area contributed by atoms with Gasteiger partial charge in [-0.2, -0.15) is 0 Å². The minimum absolute atomic E-state index is 0.0876. The van der Waals surface area contributed by atoms with Gasteiger partial charge in [-0.05, 0) is 36.1 Å². The van der Waals surface area contributed by atoms with Crippen molar-refractivity contribution < 1.29 is 9.53 Å². The number of benzene rings is 1. The minimum atomic E-state index is 0.0876. The molecule has 1 aromatic rings. The molecule has 0 aliphatic heterocycles. The molecule has 4 heteroatoms. The number of amides is 1. The molecule has 1 rings (SSSR count). The van der Waals surface area contributed by atoms with Crippen LogP contribution in [0.1, 0.15) is 46.1 Å². The molecule has 0 aromatic heterocycles. The predicted octanol–water partition coefficient (Wildman–Crippen LogP) is 2.87. The lowest BCUT2D eigenvalue weighted by Crippen LogP contribution is -2.31. The molecule has 4 nitrogen and oxygen atoms in total. The van der Waals surface area contributed by atoms with Crippen molar-refractivity contribution in [2.24, 2.45) is 0 Å². The highest BCUT2D eigenvalue weighted by Crippen LogP contribution is 2.24. The summed E-state index contributed by atoms with van der Waals surface area (Å²) in [5.74, 6) is 0.949.